The van der Waals surface area contributed by atoms with Crippen LogP contribution in [0.15, 0.2) is 0 Å². The summed E-state index contributed by atoms with van der Waals surface area (Å²) in [6.45, 7) is 0.972. The van der Waals surface area contributed by atoms with E-state index in [2.05, 4.69) is 0 Å². The fourth-order valence-corrected chi connectivity index (χ4v) is 0. The first-order chi connectivity index (χ1) is 3.46. The third-order valence-electron chi connectivity index (χ3n) is 0. The van der Waals surface area contributed by atoms with Crippen molar-refractivity contribution < 1.29 is 34.5 Å². The SMILES string of the molecule is CC(=O)[O-].O=[N+]([O-])[O-].[Ca+2].[Rh+3]. The normalized spacial score (nSPS) is 4.90. The first kappa shape index (κ1) is 22.4. The minimum atomic E-state index is -1.75. The summed E-state index contributed by atoms with van der Waals surface area (Å²) in [6, 6.07) is 0. The minimum Gasteiger partial charge on any atom is -0.550 e. The van der Waals surface area contributed by atoms with Crippen molar-refractivity contribution in [1.29, 1.82) is 0 Å². The van der Waals surface area contributed by atoms with Gasteiger partial charge in [-0.15, -0.1) is 0 Å². The number of carboxylic acids is 1. The van der Waals surface area contributed by atoms with Gasteiger partial charge in [-0.1, -0.05) is 0 Å². The first-order valence-electron chi connectivity index (χ1n) is 1.46. The summed E-state index contributed by atoms with van der Waals surface area (Å²) in [5.74, 6) is -1.08. The summed E-state index contributed by atoms with van der Waals surface area (Å²) in [4.78, 5) is 17.1. The van der Waals surface area contributed by atoms with E-state index in [0.29, 0.717) is 0 Å². The Kier molecular flexibility index (Phi) is 36.5. The van der Waals surface area contributed by atoms with Crippen molar-refractivity contribution >= 4 is 43.7 Å². The molecular weight excluding hydrogens is 261 g/mol. The number of carbonyl (C=O) groups is 1. The van der Waals surface area contributed by atoms with Crippen molar-refractivity contribution in [3.05, 3.63) is 15.3 Å². The smallest absolute Gasteiger partial charge is 0.550 e. The molecule has 0 spiro atoms. The van der Waals surface area contributed by atoms with E-state index in [1.165, 1.54) is 0 Å². The van der Waals surface area contributed by atoms with Crippen molar-refractivity contribution in [2.24, 2.45) is 0 Å². The average Bonchev–Trinajstić information content (AvgIpc) is 1.25. The van der Waals surface area contributed by atoms with Crippen molar-refractivity contribution in [1.82, 2.24) is 0 Å². The monoisotopic (exact) mass is 264 g/mol. The second-order valence-corrected chi connectivity index (χ2v) is 0.715. The van der Waals surface area contributed by atoms with Gasteiger partial charge in [-0.2, -0.15) is 0 Å². The van der Waals surface area contributed by atoms with Crippen molar-refractivity contribution in [2.75, 3.05) is 0 Å². The van der Waals surface area contributed by atoms with Gasteiger partial charge in [0.15, 0.2) is 0 Å². The molecule has 0 unspecified atom stereocenters. The molecule has 0 amide bonds. The summed E-state index contributed by atoms with van der Waals surface area (Å²) in [5, 5.41) is 23.6. The van der Waals surface area contributed by atoms with Crippen LogP contribution in [0.5, 0.6) is 0 Å². The molecule has 0 N–H and O–H groups in total. The zero-order valence-electron chi connectivity index (χ0n) is 5.03. The van der Waals surface area contributed by atoms with Crippen LogP contribution >= 0.6 is 0 Å². The Hall–Kier alpha value is 0.553. The van der Waals surface area contributed by atoms with Gasteiger partial charge in [0, 0.05) is 5.97 Å². The van der Waals surface area contributed by atoms with E-state index in [1.54, 1.807) is 0 Å². The predicted molar refractivity (Wildman–Crippen MR) is 26.8 cm³/mol. The zero-order chi connectivity index (χ0) is 7.15. The molecule has 0 rings (SSSR count). The van der Waals surface area contributed by atoms with Crippen LogP contribution in [0.1, 0.15) is 6.92 Å². The van der Waals surface area contributed by atoms with E-state index in [4.69, 9.17) is 25.2 Å². The molecule has 0 saturated heterocycles. The molecule has 54 valence electrons. The summed E-state index contributed by atoms with van der Waals surface area (Å²) in [7, 11) is 0. The Morgan fingerprint density at radius 3 is 1.40 bits per heavy atom. The summed E-state index contributed by atoms with van der Waals surface area (Å²) in [6.07, 6.45) is 0. The third-order valence-corrected chi connectivity index (χ3v) is 0. The molecular formula is C2H3CaNO5Rh+3. The molecule has 0 fully saturated rings. The molecule has 0 radical (unpaired) electrons. The van der Waals surface area contributed by atoms with Crippen molar-refractivity contribution in [3.63, 3.8) is 0 Å². The fraction of sp³-hybridized carbons (Fsp3) is 0.500. The molecule has 0 heterocycles. The third kappa shape index (κ3) is 1590. The van der Waals surface area contributed by atoms with Crippen molar-refractivity contribution in [3.8, 4) is 0 Å². The van der Waals surface area contributed by atoms with E-state index in [9.17, 15) is 0 Å². The van der Waals surface area contributed by atoms with Gasteiger partial charge in [-0.25, -0.2) is 0 Å². The second kappa shape index (κ2) is 16.3. The number of hydrogen-bond donors (Lipinski definition) is 0. The first-order valence-corrected chi connectivity index (χ1v) is 1.46. The van der Waals surface area contributed by atoms with Gasteiger partial charge in [-0.3, -0.25) is 0 Å². The van der Waals surface area contributed by atoms with E-state index < -0.39 is 11.1 Å². The van der Waals surface area contributed by atoms with E-state index in [1.807, 2.05) is 0 Å². The van der Waals surface area contributed by atoms with Gasteiger partial charge in [0.1, 0.15) is 0 Å². The van der Waals surface area contributed by atoms with Gasteiger partial charge in [0.05, 0.1) is 5.09 Å². The Morgan fingerprint density at radius 1 is 1.40 bits per heavy atom. The van der Waals surface area contributed by atoms with Gasteiger partial charge >= 0.3 is 57.2 Å². The minimum absolute atomic E-state index is 0. The molecule has 0 aromatic heterocycles. The number of aliphatic carboxylic acids is 1. The van der Waals surface area contributed by atoms with Crippen LogP contribution in [0.25, 0.3) is 0 Å². The Bertz CT molecular complexity index is 77.6. The van der Waals surface area contributed by atoms with Crippen molar-refractivity contribution in [2.45, 2.75) is 6.92 Å². The van der Waals surface area contributed by atoms with Crippen LogP contribution in [0, 0.1) is 15.3 Å². The quantitative estimate of drug-likeness (QED) is 0.289. The van der Waals surface area contributed by atoms with Gasteiger partial charge < -0.3 is 25.2 Å². The van der Waals surface area contributed by atoms with Crippen LogP contribution in [0.3, 0.4) is 0 Å². The standard InChI is InChI=1S/C2H4O2.Ca.NO3.Rh/c1-2(3)4;;2-1(3)4;/h1H3,(H,3,4);;;/q;+2;-1;+3/p-1. The number of hydrogen-bond acceptors (Lipinski definition) is 5. The maximum atomic E-state index is 8.89. The Morgan fingerprint density at radius 2 is 1.40 bits per heavy atom. The molecule has 0 aromatic rings. The molecule has 0 bridgehead atoms. The van der Waals surface area contributed by atoms with Crippen LogP contribution < -0.4 is 5.11 Å². The average molecular weight is 264 g/mol. The molecule has 10 heavy (non-hydrogen) atoms. The van der Waals surface area contributed by atoms with E-state index in [0.717, 1.165) is 6.92 Å². The molecule has 0 aromatic carbocycles. The second-order valence-electron chi connectivity index (χ2n) is 0.715. The number of rotatable bonds is 0. The maximum absolute atomic E-state index is 8.89. The Labute approximate surface area is 99.5 Å². The molecule has 0 aliphatic carbocycles. The van der Waals surface area contributed by atoms with Crippen LogP contribution in [-0.4, -0.2) is 48.8 Å². The topological polar surface area (TPSA) is 106 Å². The molecule has 0 saturated carbocycles. The Balaban J connectivity index is -0.0000000300. The van der Waals surface area contributed by atoms with Gasteiger partial charge in [0.25, 0.3) is 0 Å². The molecule has 0 atom stereocenters. The summed E-state index contributed by atoms with van der Waals surface area (Å²) in [5.41, 5.74) is 0. The van der Waals surface area contributed by atoms with Crippen LogP contribution in [0.2, 0.25) is 0 Å². The number of nitrogens with zero attached hydrogens (tertiary/aromatic N) is 1. The fourth-order valence-electron chi connectivity index (χ4n) is 0. The molecule has 6 nitrogen and oxygen atoms in total. The van der Waals surface area contributed by atoms with Gasteiger partial charge in [-0.05, 0) is 6.92 Å². The summed E-state index contributed by atoms with van der Waals surface area (Å²) < 4.78 is 0. The zero-order valence-corrected chi connectivity index (χ0v) is 8.88. The molecule has 0 aliphatic rings. The van der Waals surface area contributed by atoms with E-state index in [-0.39, 0.29) is 57.2 Å². The van der Waals surface area contributed by atoms with Crippen LogP contribution in [-0.2, 0) is 24.3 Å². The maximum Gasteiger partial charge on any atom is 3.00 e. The predicted octanol–water partition coefficient (Wildman–Crippen LogP) is -1.87. The largest absolute Gasteiger partial charge is 3.00 e. The number of carbonyl (C=O) groups excluding carboxylic acids is 1. The summed E-state index contributed by atoms with van der Waals surface area (Å²) >= 11 is 0. The van der Waals surface area contributed by atoms with Crippen LogP contribution in [0.4, 0.5) is 0 Å². The molecule has 0 aliphatic heterocycles. The molecule has 8 heteroatoms. The number of carboxylic acid groups (broad SMARTS) is 1. The van der Waals surface area contributed by atoms with Gasteiger partial charge in [0.2, 0.25) is 0 Å². The van der Waals surface area contributed by atoms with E-state index >= 15 is 0 Å².